The number of hydrogen-bond acceptors (Lipinski definition) is 5. The smallest absolute Gasteiger partial charge is 0.338 e. The zero-order chi connectivity index (χ0) is 22.3. The monoisotopic (exact) mass is 477 g/mol. The molecule has 0 aliphatic carbocycles. The maximum absolute atomic E-state index is 12.5. The molecule has 0 heterocycles. The molecule has 0 saturated heterocycles. The van der Waals surface area contributed by atoms with Crippen LogP contribution in [0.5, 0.6) is 11.5 Å². The van der Waals surface area contributed by atoms with E-state index in [1.54, 1.807) is 17.0 Å². The Bertz CT molecular complexity index is 859. The Labute approximate surface area is 186 Å². The summed E-state index contributed by atoms with van der Waals surface area (Å²) in [6.07, 6.45) is 0. The van der Waals surface area contributed by atoms with Crippen molar-refractivity contribution in [3.05, 3.63) is 58.1 Å². The highest BCUT2D eigenvalue weighted by Gasteiger charge is 2.22. The van der Waals surface area contributed by atoms with E-state index in [-0.39, 0.29) is 30.2 Å². The lowest BCUT2D eigenvalue weighted by Crippen LogP contribution is -2.44. The zero-order valence-electron chi connectivity index (χ0n) is 18.0. The van der Waals surface area contributed by atoms with Gasteiger partial charge in [-0.2, -0.15) is 0 Å². The molecule has 2 aromatic rings. The van der Waals surface area contributed by atoms with Crippen LogP contribution in [0.1, 0.15) is 43.6 Å². The van der Waals surface area contributed by atoms with Gasteiger partial charge in [0.15, 0.2) is 18.1 Å². The van der Waals surface area contributed by atoms with E-state index in [2.05, 4.69) is 15.9 Å². The molecule has 162 valence electrons. The molecule has 0 atom stereocenters. The first kappa shape index (κ1) is 23.7. The number of halogens is 1. The molecular weight excluding hydrogens is 450 g/mol. The zero-order valence-corrected chi connectivity index (χ0v) is 19.6. The first-order valence-corrected chi connectivity index (χ1v) is 10.6. The van der Waals surface area contributed by atoms with Gasteiger partial charge in [-0.15, -0.1) is 0 Å². The Kier molecular flexibility index (Phi) is 8.72. The number of carbonyl (C=O) groups is 2. The van der Waals surface area contributed by atoms with E-state index in [0.717, 1.165) is 5.56 Å². The average Bonchev–Trinajstić information content (AvgIpc) is 2.70. The van der Waals surface area contributed by atoms with Crippen LogP contribution in [0.15, 0.2) is 46.9 Å². The summed E-state index contributed by atoms with van der Waals surface area (Å²) in [5.41, 5.74) is 1.27. The van der Waals surface area contributed by atoms with E-state index in [1.165, 1.54) is 7.11 Å². The summed E-state index contributed by atoms with van der Waals surface area (Å²) in [7, 11) is 1.50. The van der Waals surface area contributed by atoms with Crippen molar-refractivity contribution >= 4 is 27.8 Å². The average molecular weight is 478 g/mol. The van der Waals surface area contributed by atoms with Crippen LogP contribution in [0.2, 0.25) is 0 Å². The molecule has 30 heavy (non-hydrogen) atoms. The van der Waals surface area contributed by atoms with Crippen molar-refractivity contribution in [1.82, 2.24) is 4.90 Å². The number of amides is 1. The maximum atomic E-state index is 12.5. The van der Waals surface area contributed by atoms with E-state index in [0.29, 0.717) is 22.6 Å². The molecule has 0 aliphatic rings. The van der Waals surface area contributed by atoms with Crippen molar-refractivity contribution in [2.75, 3.05) is 13.7 Å². The standard InChI is InChI=1S/C23H28BrNO5/c1-15(2)25(16(3)4)21(26)14-30-23(27)18-11-19(24)22(20(12-18)28-5)29-13-17-9-7-6-8-10-17/h6-12,15-16H,13-14H2,1-5H3. The minimum Gasteiger partial charge on any atom is -0.493 e. The largest absolute Gasteiger partial charge is 0.493 e. The molecule has 0 aromatic heterocycles. The lowest BCUT2D eigenvalue weighted by Gasteiger charge is -2.30. The predicted octanol–water partition coefficient (Wildman–Crippen LogP) is 4.84. The highest BCUT2D eigenvalue weighted by Crippen LogP contribution is 2.37. The Balaban J connectivity index is 2.09. The van der Waals surface area contributed by atoms with Gasteiger partial charge in [-0.05, 0) is 61.3 Å². The van der Waals surface area contributed by atoms with Crippen LogP contribution in [-0.4, -0.2) is 42.6 Å². The van der Waals surface area contributed by atoms with Crippen LogP contribution < -0.4 is 9.47 Å². The third kappa shape index (κ3) is 6.23. The van der Waals surface area contributed by atoms with Gasteiger partial charge in [-0.25, -0.2) is 4.79 Å². The molecule has 0 spiro atoms. The third-order valence-corrected chi connectivity index (χ3v) is 5.01. The summed E-state index contributed by atoms with van der Waals surface area (Å²) in [5, 5.41) is 0. The van der Waals surface area contributed by atoms with Gasteiger partial charge in [0.1, 0.15) is 6.61 Å². The van der Waals surface area contributed by atoms with Gasteiger partial charge in [-0.1, -0.05) is 30.3 Å². The van der Waals surface area contributed by atoms with Crippen molar-refractivity contribution in [2.24, 2.45) is 0 Å². The first-order chi connectivity index (χ1) is 14.2. The summed E-state index contributed by atoms with van der Waals surface area (Å²) in [6.45, 7) is 7.74. The second-order valence-corrected chi connectivity index (χ2v) is 8.18. The number of hydrogen-bond donors (Lipinski definition) is 0. The number of rotatable bonds is 9. The van der Waals surface area contributed by atoms with Gasteiger partial charge in [0.05, 0.1) is 17.1 Å². The molecule has 1 amide bonds. The first-order valence-electron chi connectivity index (χ1n) is 9.77. The summed E-state index contributed by atoms with van der Waals surface area (Å²) in [5.74, 6) is 0.0379. The van der Waals surface area contributed by atoms with Crippen LogP contribution in [-0.2, 0) is 16.1 Å². The van der Waals surface area contributed by atoms with Crippen LogP contribution in [0.3, 0.4) is 0 Å². The van der Waals surface area contributed by atoms with Crippen molar-refractivity contribution in [1.29, 1.82) is 0 Å². The van der Waals surface area contributed by atoms with Crippen LogP contribution in [0, 0.1) is 0 Å². The Morgan fingerprint density at radius 2 is 1.67 bits per heavy atom. The summed E-state index contributed by atoms with van der Waals surface area (Å²) in [6, 6.07) is 12.9. The molecule has 0 fully saturated rings. The van der Waals surface area contributed by atoms with E-state index < -0.39 is 5.97 Å². The Hall–Kier alpha value is -2.54. The topological polar surface area (TPSA) is 65.1 Å². The number of nitrogens with zero attached hydrogens (tertiary/aromatic N) is 1. The van der Waals surface area contributed by atoms with Gasteiger partial charge in [-0.3, -0.25) is 4.79 Å². The lowest BCUT2D eigenvalue weighted by molar-refractivity contribution is -0.138. The molecule has 0 bridgehead atoms. The highest BCUT2D eigenvalue weighted by atomic mass is 79.9. The molecule has 0 unspecified atom stereocenters. The number of benzene rings is 2. The Morgan fingerprint density at radius 1 is 1.03 bits per heavy atom. The van der Waals surface area contributed by atoms with Gasteiger partial charge in [0.2, 0.25) is 0 Å². The van der Waals surface area contributed by atoms with Gasteiger partial charge < -0.3 is 19.1 Å². The normalized spacial score (nSPS) is 10.8. The fourth-order valence-electron chi connectivity index (χ4n) is 3.16. The molecule has 2 aromatic carbocycles. The summed E-state index contributed by atoms with van der Waals surface area (Å²) < 4.78 is 17.1. The Morgan fingerprint density at radius 3 is 2.23 bits per heavy atom. The SMILES string of the molecule is COc1cc(C(=O)OCC(=O)N(C(C)C)C(C)C)cc(Br)c1OCc1ccccc1. The third-order valence-electron chi connectivity index (χ3n) is 4.42. The molecule has 0 aliphatic heterocycles. The van der Waals surface area contributed by atoms with E-state index >= 15 is 0 Å². The molecule has 0 saturated carbocycles. The van der Waals surface area contributed by atoms with Crippen molar-refractivity contribution in [3.63, 3.8) is 0 Å². The highest BCUT2D eigenvalue weighted by molar-refractivity contribution is 9.10. The van der Waals surface area contributed by atoms with Crippen molar-refractivity contribution < 1.29 is 23.8 Å². The molecular formula is C23H28BrNO5. The fraction of sp³-hybridized carbons (Fsp3) is 0.391. The number of methoxy groups -OCH3 is 1. The number of carbonyl (C=O) groups excluding carboxylic acids is 2. The maximum Gasteiger partial charge on any atom is 0.338 e. The van der Waals surface area contributed by atoms with Gasteiger partial charge >= 0.3 is 5.97 Å². The minimum atomic E-state index is -0.607. The van der Waals surface area contributed by atoms with Crippen molar-refractivity contribution in [3.8, 4) is 11.5 Å². The van der Waals surface area contributed by atoms with Crippen LogP contribution in [0.4, 0.5) is 0 Å². The van der Waals surface area contributed by atoms with Crippen molar-refractivity contribution in [2.45, 2.75) is 46.4 Å². The van der Waals surface area contributed by atoms with Crippen LogP contribution >= 0.6 is 15.9 Å². The molecule has 6 nitrogen and oxygen atoms in total. The van der Waals surface area contributed by atoms with E-state index in [9.17, 15) is 9.59 Å². The van der Waals surface area contributed by atoms with Gasteiger partial charge in [0, 0.05) is 12.1 Å². The lowest BCUT2D eigenvalue weighted by atomic mass is 10.2. The molecule has 0 radical (unpaired) electrons. The second kappa shape index (κ2) is 11.0. The van der Waals surface area contributed by atoms with Gasteiger partial charge in [0.25, 0.3) is 5.91 Å². The van der Waals surface area contributed by atoms with E-state index in [1.807, 2.05) is 58.0 Å². The molecule has 7 heteroatoms. The summed E-state index contributed by atoms with van der Waals surface area (Å²) in [4.78, 5) is 26.6. The minimum absolute atomic E-state index is 0.0199. The second-order valence-electron chi connectivity index (χ2n) is 7.33. The fourth-order valence-corrected chi connectivity index (χ4v) is 3.72. The quantitative estimate of drug-likeness (QED) is 0.483. The predicted molar refractivity (Wildman–Crippen MR) is 119 cm³/mol. The number of ether oxygens (including phenoxy) is 3. The number of esters is 1. The summed E-state index contributed by atoms with van der Waals surface area (Å²) >= 11 is 3.43. The molecule has 0 N–H and O–H groups in total. The molecule has 2 rings (SSSR count). The van der Waals surface area contributed by atoms with Crippen LogP contribution in [0.25, 0.3) is 0 Å². The van der Waals surface area contributed by atoms with E-state index in [4.69, 9.17) is 14.2 Å².